The fourth-order valence-corrected chi connectivity index (χ4v) is 1.63. The van der Waals surface area contributed by atoms with Crippen molar-refractivity contribution < 1.29 is 9.13 Å². The molecule has 0 aliphatic heterocycles. The minimum atomic E-state index is -0.121. The molecule has 0 saturated heterocycles. The molecule has 3 heteroatoms. The molecule has 1 aromatic carbocycles. The predicted molar refractivity (Wildman–Crippen MR) is 64.1 cm³/mol. The maximum absolute atomic E-state index is 13.3. The van der Waals surface area contributed by atoms with E-state index in [0.29, 0.717) is 19.1 Å². The summed E-state index contributed by atoms with van der Waals surface area (Å²) < 4.78 is 18.4. The van der Waals surface area contributed by atoms with Gasteiger partial charge in [-0.3, -0.25) is 0 Å². The SMILES string of the molecule is CCC(COC)NCCc1ccccc1F. The van der Waals surface area contributed by atoms with Gasteiger partial charge in [0.15, 0.2) is 0 Å². The predicted octanol–water partition coefficient (Wildman–Crippen LogP) is 2.38. The van der Waals surface area contributed by atoms with Crippen LogP contribution in [0.1, 0.15) is 18.9 Å². The largest absolute Gasteiger partial charge is 0.383 e. The Bertz CT molecular complexity index is 304. The molecule has 0 bridgehead atoms. The number of methoxy groups -OCH3 is 1. The van der Waals surface area contributed by atoms with Gasteiger partial charge in [-0.1, -0.05) is 25.1 Å². The lowest BCUT2D eigenvalue weighted by Gasteiger charge is -2.15. The first-order valence-corrected chi connectivity index (χ1v) is 5.73. The summed E-state index contributed by atoms with van der Waals surface area (Å²) in [5, 5.41) is 3.35. The van der Waals surface area contributed by atoms with Gasteiger partial charge in [0.2, 0.25) is 0 Å². The molecule has 0 fully saturated rings. The highest BCUT2D eigenvalue weighted by Crippen LogP contribution is 2.06. The molecule has 1 rings (SSSR count). The number of ether oxygens (including phenoxy) is 1. The molecule has 0 radical (unpaired) electrons. The van der Waals surface area contributed by atoms with Crippen molar-refractivity contribution in [2.45, 2.75) is 25.8 Å². The van der Waals surface area contributed by atoms with Crippen LogP contribution in [0.4, 0.5) is 4.39 Å². The van der Waals surface area contributed by atoms with Crippen molar-refractivity contribution in [1.29, 1.82) is 0 Å². The van der Waals surface area contributed by atoms with Crippen molar-refractivity contribution in [2.24, 2.45) is 0 Å². The highest BCUT2D eigenvalue weighted by molar-refractivity contribution is 5.17. The average Bonchev–Trinajstić information content (AvgIpc) is 2.30. The molecule has 0 heterocycles. The summed E-state index contributed by atoms with van der Waals surface area (Å²) in [6.45, 7) is 3.59. The summed E-state index contributed by atoms with van der Waals surface area (Å²) in [6.07, 6.45) is 1.73. The topological polar surface area (TPSA) is 21.3 Å². The fourth-order valence-electron chi connectivity index (χ4n) is 1.63. The third kappa shape index (κ3) is 4.29. The van der Waals surface area contributed by atoms with Crippen molar-refractivity contribution in [2.75, 3.05) is 20.3 Å². The van der Waals surface area contributed by atoms with Gasteiger partial charge < -0.3 is 10.1 Å². The molecule has 1 atom stereocenters. The van der Waals surface area contributed by atoms with Crippen LogP contribution in [0.25, 0.3) is 0 Å². The first-order valence-electron chi connectivity index (χ1n) is 5.73. The normalized spacial score (nSPS) is 12.7. The van der Waals surface area contributed by atoms with Crippen LogP contribution in [0.3, 0.4) is 0 Å². The number of hydrogen-bond donors (Lipinski definition) is 1. The zero-order valence-electron chi connectivity index (χ0n) is 10.0. The molecule has 0 amide bonds. The minimum absolute atomic E-state index is 0.121. The summed E-state index contributed by atoms with van der Waals surface area (Å²) in [7, 11) is 1.70. The van der Waals surface area contributed by atoms with Crippen LogP contribution in [0.5, 0.6) is 0 Å². The van der Waals surface area contributed by atoms with Gasteiger partial charge in [-0.25, -0.2) is 4.39 Å². The lowest BCUT2D eigenvalue weighted by atomic mass is 10.1. The molecule has 2 nitrogen and oxygen atoms in total. The molecule has 0 aliphatic carbocycles. The molecule has 16 heavy (non-hydrogen) atoms. The second-order valence-corrected chi connectivity index (χ2v) is 3.86. The van der Waals surface area contributed by atoms with Crippen LogP contribution in [-0.2, 0) is 11.2 Å². The monoisotopic (exact) mass is 225 g/mol. The molecule has 1 aromatic rings. The maximum atomic E-state index is 13.3. The van der Waals surface area contributed by atoms with Gasteiger partial charge in [0.25, 0.3) is 0 Å². The number of nitrogens with one attached hydrogen (secondary N) is 1. The number of benzene rings is 1. The van der Waals surface area contributed by atoms with Crippen molar-refractivity contribution >= 4 is 0 Å². The van der Waals surface area contributed by atoms with Gasteiger partial charge >= 0.3 is 0 Å². The van der Waals surface area contributed by atoms with E-state index in [1.54, 1.807) is 13.2 Å². The Morgan fingerprint density at radius 2 is 2.12 bits per heavy atom. The molecule has 0 aromatic heterocycles. The molecular weight excluding hydrogens is 205 g/mol. The van der Waals surface area contributed by atoms with Crippen LogP contribution in [0.15, 0.2) is 24.3 Å². The highest BCUT2D eigenvalue weighted by Gasteiger charge is 2.05. The van der Waals surface area contributed by atoms with E-state index >= 15 is 0 Å². The summed E-state index contributed by atoms with van der Waals surface area (Å²) in [5.41, 5.74) is 0.766. The molecule has 0 aliphatic rings. The van der Waals surface area contributed by atoms with E-state index in [1.165, 1.54) is 6.07 Å². The first kappa shape index (κ1) is 13.1. The summed E-state index contributed by atoms with van der Waals surface area (Å²) in [5.74, 6) is -0.121. The summed E-state index contributed by atoms with van der Waals surface area (Å²) in [6, 6.07) is 7.27. The zero-order chi connectivity index (χ0) is 11.8. The smallest absolute Gasteiger partial charge is 0.126 e. The van der Waals surface area contributed by atoms with E-state index < -0.39 is 0 Å². The quantitative estimate of drug-likeness (QED) is 0.769. The molecular formula is C13H20FNO. The number of rotatable bonds is 7. The van der Waals surface area contributed by atoms with Crippen LogP contribution in [0, 0.1) is 5.82 Å². The fraction of sp³-hybridized carbons (Fsp3) is 0.538. The maximum Gasteiger partial charge on any atom is 0.126 e. The van der Waals surface area contributed by atoms with Crippen molar-refractivity contribution in [3.05, 3.63) is 35.6 Å². The Kier molecular flexibility index (Phi) is 6.04. The Hall–Kier alpha value is -0.930. The Morgan fingerprint density at radius 3 is 2.75 bits per heavy atom. The molecule has 90 valence electrons. The lowest BCUT2D eigenvalue weighted by molar-refractivity contribution is 0.164. The second kappa shape index (κ2) is 7.36. The minimum Gasteiger partial charge on any atom is -0.383 e. The average molecular weight is 225 g/mol. The molecule has 0 spiro atoms. The Balaban J connectivity index is 2.32. The third-order valence-corrected chi connectivity index (χ3v) is 2.65. The van der Waals surface area contributed by atoms with E-state index in [0.717, 1.165) is 18.5 Å². The van der Waals surface area contributed by atoms with Gasteiger partial charge in [-0.05, 0) is 31.0 Å². The van der Waals surface area contributed by atoms with Crippen molar-refractivity contribution in [3.63, 3.8) is 0 Å². The third-order valence-electron chi connectivity index (χ3n) is 2.65. The molecule has 0 saturated carbocycles. The Labute approximate surface area is 96.8 Å². The number of halogens is 1. The van der Waals surface area contributed by atoms with Crippen LogP contribution < -0.4 is 5.32 Å². The van der Waals surface area contributed by atoms with E-state index in [9.17, 15) is 4.39 Å². The van der Waals surface area contributed by atoms with Crippen LogP contribution in [-0.4, -0.2) is 26.3 Å². The van der Waals surface area contributed by atoms with E-state index in [-0.39, 0.29) is 5.82 Å². The van der Waals surface area contributed by atoms with Crippen LogP contribution in [0.2, 0.25) is 0 Å². The highest BCUT2D eigenvalue weighted by atomic mass is 19.1. The van der Waals surface area contributed by atoms with Gasteiger partial charge in [-0.2, -0.15) is 0 Å². The number of hydrogen-bond acceptors (Lipinski definition) is 2. The Morgan fingerprint density at radius 1 is 1.38 bits per heavy atom. The van der Waals surface area contributed by atoms with Gasteiger partial charge in [-0.15, -0.1) is 0 Å². The van der Waals surface area contributed by atoms with Gasteiger partial charge in [0, 0.05) is 13.2 Å². The molecule has 1 N–H and O–H groups in total. The second-order valence-electron chi connectivity index (χ2n) is 3.86. The van der Waals surface area contributed by atoms with E-state index in [4.69, 9.17) is 4.74 Å². The van der Waals surface area contributed by atoms with Gasteiger partial charge in [0.05, 0.1) is 6.61 Å². The van der Waals surface area contributed by atoms with E-state index in [2.05, 4.69) is 12.2 Å². The molecule has 1 unspecified atom stereocenters. The summed E-state index contributed by atoms with van der Waals surface area (Å²) in [4.78, 5) is 0. The van der Waals surface area contributed by atoms with Crippen molar-refractivity contribution in [3.8, 4) is 0 Å². The van der Waals surface area contributed by atoms with E-state index in [1.807, 2.05) is 12.1 Å². The standard InChI is InChI=1S/C13H20FNO/c1-3-12(10-16-2)15-9-8-11-6-4-5-7-13(11)14/h4-7,12,15H,3,8-10H2,1-2H3. The summed E-state index contributed by atoms with van der Waals surface area (Å²) >= 11 is 0. The van der Waals surface area contributed by atoms with Crippen LogP contribution >= 0.6 is 0 Å². The van der Waals surface area contributed by atoms with Crippen molar-refractivity contribution in [1.82, 2.24) is 5.32 Å². The lowest BCUT2D eigenvalue weighted by Crippen LogP contribution is -2.34. The van der Waals surface area contributed by atoms with Gasteiger partial charge in [0.1, 0.15) is 5.82 Å². The first-order chi connectivity index (χ1) is 7.77. The zero-order valence-corrected chi connectivity index (χ0v) is 10.0.